The summed E-state index contributed by atoms with van der Waals surface area (Å²) >= 11 is 0. The lowest BCUT2D eigenvalue weighted by Gasteiger charge is -2.30. The van der Waals surface area contributed by atoms with Crippen molar-refractivity contribution in [1.29, 1.82) is 0 Å². The van der Waals surface area contributed by atoms with Gasteiger partial charge in [-0.25, -0.2) is 0 Å². The maximum absolute atomic E-state index is 12.0. The van der Waals surface area contributed by atoms with Gasteiger partial charge in [0.1, 0.15) is 0 Å². The number of aliphatic hydroxyl groups excluding tert-OH is 1. The van der Waals surface area contributed by atoms with Gasteiger partial charge in [0.25, 0.3) is 5.91 Å². The average Bonchev–Trinajstić information content (AvgIpc) is 2.59. The molecule has 130 valence electrons. The van der Waals surface area contributed by atoms with Crippen molar-refractivity contribution in [3.8, 4) is 0 Å². The average molecular weight is 330 g/mol. The van der Waals surface area contributed by atoms with E-state index in [0.717, 1.165) is 19.5 Å². The Hall–Kier alpha value is -2.18. The number of hydrogen-bond donors (Lipinski definition) is 3. The van der Waals surface area contributed by atoms with E-state index in [9.17, 15) is 9.90 Å². The smallest absolute Gasteiger partial charge is 0.254 e. The van der Waals surface area contributed by atoms with E-state index in [1.54, 1.807) is 20.3 Å². The van der Waals surface area contributed by atoms with Gasteiger partial charge in [-0.1, -0.05) is 24.3 Å². The molecular weight excluding hydrogens is 304 g/mol. The van der Waals surface area contributed by atoms with Gasteiger partial charge >= 0.3 is 0 Å². The second kappa shape index (κ2) is 9.20. The van der Waals surface area contributed by atoms with Crippen LogP contribution >= 0.6 is 0 Å². The fraction of sp³-hybridized carbons (Fsp3) is 0.444. The number of benzene rings is 1. The Bertz CT molecular complexity index is 613. The van der Waals surface area contributed by atoms with E-state index in [0.29, 0.717) is 12.1 Å². The summed E-state index contributed by atoms with van der Waals surface area (Å²) in [5.74, 6) is -0.252. The van der Waals surface area contributed by atoms with Crippen LogP contribution in [0.3, 0.4) is 0 Å². The van der Waals surface area contributed by atoms with Crippen molar-refractivity contribution in [3.63, 3.8) is 0 Å². The summed E-state index contributed by atoms with van der Waals surface area (Å²) in [6.45, 7) is 2.53. The standard InChI is InChI=1S/C18H26N4O2/c1-19-9-16(10-20-2)18(24)21-11-17(23)13-22-8-7-14-5-3-4-6-15(14)12-22/h3-6,9-10,17,19,23H,7-8,11-13H2,1-2H3,(H,21,24)/b16-9+,20-10?. The number of carbonyl (C=O) groups is 1. The molecule has 1 unspecified atom stereocenters. The lowest BCUT2D eigenvalue weighted by molar-refractivity contribution is -0.117. The second-order valence-electron chi connectivity index (χ2n) is 5.89. The molecule has 1 atom stereocenters. The highest BCUT2D eigenvalue weighted by atomic mass is 16.3. The van der Waals surface area contributed by atoms with Crippen LogP contribution in [0.2, 0.25) is 0 Å². The van der Waals surface area contributed by atoms with Crippen LogP contribution in [-0.4, -0.2) is 62.0 Å². The maximum atomic E-state index is 12.0. The number of aliphatic imine (C=N–C) groups is 1. The Morgan fingerprint density at radius 2 is 2.17 bits per heavy atom. The van der Waals surface area contributed by atoms with Crippen molar-refractivity contribution in [2.75, 3.05) is 33.7 Å². The van der Waals surface area contributed by atoms with Crippen molar-refractivity contribution >= 4 is 12.1 Å². The number of β-amino-alcohol motifs (C(OH)–C–C–N with tert-alkyl or cyclic N) is 1. The Morgan fingerprint density at radius 1 is 1.42 bits per heavy atom. The number of carbonyl (C=O) groups excluding carboxylic acids is 1. The van der Waals surface area contributed by atoms with E-state index in [2.05, 4.69) is 38.7 Å². The molecule has 1 heterocycles. The molecule has 0 saturated carbocycles. The molecule has 0 fully saturated rings. The molecule has 0 saturated heterocycles. The fourth-order valence-electron chi connectivity index (χ4n) is 2.84. The second-order valence-corrected chi connectivity index (χ2v) is 5.89. The predicted octanol–water partition coefficient (Wildman–Crippen LogP) is 0.326. The van der Waals surface area contributed by atoms with Gasteiger partial charge in [0, 0.05) is 52.7 Å². The third kappa shape index (κ3) is 5.18. The number of nitrogens with zero attached hydrogens (tertiary/aromatic N) is 2. The van der Waals surface area contributed by atoms with Gasteiger partial charge in [-0.3, -0.25) is 14.7 Å². The van der Waals surface area contributed by atoms with E-state index in [-0.39, 0.29) is 12.5 Å². The van der Waals surface area contributed by atoms with Gasteiger partial charge < -0.3 is 15.7 Å². The molecule has 0 bridgehead atoms. The SMILES string of the molecule is CN=C/C(=C\NC)C(=O)NCC(O)CN1CCc2ccccc2C1. The van der Waals surface area contributed by atoms with Gasteiger partial charge in [-0.2, -0.15) is 0 Å². The number of rotatable bonds is 7. The third-order valence-corrected chi connectivity index (χ3v) is 4.01. The Kier molecular flexibility index (Phi) is 6.96. The van der Waals surface area contributed by atoms with Crippen LogP contribution < -0.4 is 10.6 Å². The molecule has 0 radical (unpaired) electrons. The van der Waals surface area contributed by atoms with Gasteiger partial charge in [0.2, 0.25) is 0 Å². The maximum Gasteiger partial charge on any atom is 0.254 e. The minimum atomic E-state index is -0.603. The molecule has 1 aromatic rings. The normalized spacial score (nSPS) is 16.7. The van der Waals surface area contributed by atoms with Crippen molar-refractivity contribution in [3.05, 3.63) is 47.2 Å². The summed E-state index contributed by atoms with van der Waals surface area (Å²) < 4.78 is 0. The summed E-state index contributed by atoms with van der Waals surface area (Å²) in [6.07, 6.45) is 3.46. The van der Waals surface area contributed by atoms with Crippen LogP contribution in [0.15, 0.2) is 41.0 Å². The number of hydrogen-bond acceptors (Lipinski definition) is 5. The molecule has 1 amide bonds. The first kappa shape index (κ1) is 18.2. The molecule has 0 aliphatic carbocycles. The van der Waals surface area contributed by atoms with Gasteiger partial charge in [-0.15, -0.1) is 0 Å². The van der Waals surface area contributed by atoms with E-state index in [4.69, 9.17) is 0 Å². The first-order chi connectivity index (χ1) is 11.6. The van der Waals surface area contributed by atoms with E-state index >= 15 is 0 Å². The van der Waals surface area contributed by atoms with Gasteiger partial charge in [-0.05, 0) is 17.5 Å². The number of nitrogens with one attached hydrogen (secondary N) is 2. The van der Waals surface area contributed by atoms with Crippen LogP contribution in [0.4, 0.5) is 0 Å². The molecule has 1 aliphatic rings. The molecule has 3 N–H and O–H groups in total. The van der Waals surface area contributed by atoms with Crippen molar-refractivity contribution in [2.24, 2.45) is 4.99 Å². The highest BCUT2D eigenvalue weighted by molar-refractivity contribution is 6.12. The van der Waals surface area contributed by atoms with Crippen LogP contribution in [0.25, 0.3) is 0 Å². The van der Waals surface area contributed by atoms with Crippen LogP contribution in [0.1, 0.15) is 11.1 Å². The largest absolute Gasteiger partial charge is 0.393 e. The number of amides is 1. The van der Waals surface area contributed by atoms with Gasteiger partial charge in [0.05, 0.1) is 11.7 Å². The summed E-state index contributed by atoms with van der Waals surface area (Å²) in [7, 11) is 3.33. The molecule has 2 rings (SSSR count). The molecule has 6 heteroatoms. The molecule has 0 aromatic heterocycles. The highest BCUT2D eigenvalue weighted by Crippen LogP contribution is 2.18. The van der Waals surface area contributed by atoms with Crippen LogP contribution in [-0.2, 0) is 17.8 Å². The molecular formula is C18H26N4O2. The van der Waals surface area contributed by atoms with Crippen LogP contribution in [0, 0.1) is 0 Å². The zero-order valence-corrected chi connectivity index (χ0v) is 14.3. The molecule has 6 nitrogen and oxygen atoms in total. The summed E-state index contributed by atoms with van der Waals surface area (Å²) in [6, 6.07) is 8.40. The highest BCUT2D eigenvalue weighted by Gasteiger charge is 2.19. The minimum absolute atomic E-state index is 0.218. The molecule has 24 heavy (non-hydrogen) atoms. The zero-order chi connectivity index (χ0) is 17.4. The van der Waals surface area contributed by atoms with E-state index < -0.39 is 6.10 Å². The number of fused-ring (bicyclic) bond motifs is 1. The first-order valence-electron chi connectivity index (χ1n) is 8.19. The lowest BCUT2D eigenvalue weighted by atomic mass is 10.00. The molecule has 0 spiro atoms. The summed E-state index contributed by atoms with van der Waals surface area (Å²) in [4.78, 5) is 18.1. The summed E-state index contributed by atoms with van der Waals surface area (Å²) in [5.41, 5.74) is 3.13. The van der Waals surface area contributed by atoms with Crippen LogP contribution in [0.5, 0.6) is 0 Å². The number of aliphatic hydroxyl groups is 1. The fourth-order valence-corrected chi connectivity index (χ4v) is 2.84. The minimum Gasteiger partial charge on any atom is -0.393 e. The Balaban J connectivity index is 1.80. The monoisotopic (exact) mass is 330 g/mol. The van der Waals surface area contributed by atoms with Crippen molar-refractivity contribution in [2.45, 2.75) is 19.1 Å². The third-order valence-electron chi connectivity index (χ3n) is 4.01. The summed E-state index contributed by atoms with van der Waals surface area (Å²) in [5, 5.41) is 15.8. The lowest BCUT2D eigenvalue weighted by Crippen LogP contribution is -2.42. The van der Waals surface area contributed by atoms with Gasteiger partial charge in [0.15, 0.2) is 0 Å². The van der Waals surface area contributed by atoms with E-state index in [1.165, 1.54) is 17.3 Å². The zero-order valence-electron chi connectivity index (χ0n) is 14.3. The van der Waals surface area contributed by atoms with E-state index in [1.807, 2.05) is 6.07 Å². The predicted molar refractivity (Wildman–Crippen MR) is 96.0 cm³/mol. The first-order valence-corrected chi connectivity index (χ1v) is 8.19. The van der Waals surface area contributed by atoms with Crippen molar-refractivity contribution in [1.82, 2.24) is 15.5 Å². The Morgan fingerprint density at radius 3 is 2.88 bits per heavy atom. The molecule has 1 aliphatic heterocycles. The quantitative estimate of drug-likeness (QED) is 0.497. The molecule has 1 aromatic carbocycles. The topological polar surface area (TPSA) is 77.0 Å². The Labute approximate surface area is 143 Å². The van der Waals surface area contributed by atoms with Crippen molar-refractivity contribution < 1.29 is 9.90 Å².